The van der Waals surface area contributed by atoms with Gasteiger partial charge in [0.05, 0.1) is 10.5 Å². The number of hydrogen-bond donors (Lipinski definition) is 0. The Morgan fingerprint density at radius 1 is 1.19 bits per heavy atom. The molecule has 2 aromatic rings. The van der Waals surface area contributed by atoms with Crippen molar-refractivity contribution < 1.29 is 0 Å². The van der Waals surface area contributed by atoms with Gasteiger partial charge >= 0.3 is 0 Å². The van der Waals surface area contributed by atoms with E-state index in [1.807, 2.05) is 11.8 Å². The molecule has 0 radical (unpaired) electrons. The van der Waals surface area contributed by atoms with Gasteiger partial charge in [-0.05, 0) is 44.6 Å². The number of rotatable bonds is 7. The van der Waals surface area contributed by atoms with Crippen molar-refractivity contribution in [3.05, 3.63) is 35.9 Å². The van der Waals surface area contributed by atoms with E-state index in [1.54, 1.807) is 0 Å². The van der Waals surface area contributed by atoms with E-state index in [-0.39, 0.29) is 12.4 Å². The zero-order chi connectivity index (χ0) is 14.4. The summed E-state index contributed by atoms with van der Waals surface area (Å²) >= 11 is 1.89. The number of aryl methyl sites for hydroxylation is 1. The van der Waals surface area contributed by atoms with Gasteiger partial charge in [-0.1, -0.05) is 31.5 Å². The molecule has 2 nitrogen and oxygen atoms in total. The molecule has 1 aromatic heterocycles. The third-order valence-electron chi connectivity index (χ3n) is 3.34. The van der Waals surface area contributed by atoms with Gasteiger partial charge in [0, 0.05) is 17.7 Å². The largest absolute Gasteiger partial charge is 0.309 e. The molecule has 1 heterocycles. The first-order valence-electron chi connectivity index (χ1n) is 7.37. The van der Waals surface area contributed by atoms with Crippen LogP contribution >= 0.6 is 24.2 Å². The molecular weight excluding hydrogens is 300 g/mol. The highest BCUT2D eigenvalue weighted by Gasteiger charge is 2.07. The highest BCUT2D eigenvalue weighted by atomic mass is 35.5. The molecule has 1 aromatic carbocycles. The summed E-state index contributed by atoms with van der Waals surface area (Å²) in [4.78, 5) is 7.09. The van der Waals surface area contributed by atoms with Gasteiger partial charge in [-0.3, -0.25) is 0 Å². The van der Waals surface area contributed by atoms with Gasteiger partial charge in [0.2, 0.25) is 0 Å². The Bertz CT molecular complexity index is 557. The first-order chi connectivity index (χ1) is 9.70. The molecule has 4 heteroatoms. The summed E-state index contributed by atoms with van der Waals surface area (Å²) in [6.07, 6.45) is 3.61. The van der Waals surface area contributed by atoms with Crippen LogP contribution in [0.2, 0.25) is 0 Å². The van der Waals surface area contributed by atoms with Crippen molar-refractivity contribution in [2.24, 2.45) is 0 Å². The number of unbranched alkanes of at least 4 members (excludes halogenated alkanes) is 1. The van der Waals surface area contributed by atoms with Crippen molar-refractivity contribution in [3.8, 4) is 0 Å². The fourth-order valence-electron chi connectivity index (χ4n) is 2.14. The molecule has 2 rings (SSSR count). The van der Waals surface area contributed by atoms with Crippen LogP contribution in [-0.4, -0.2) is 36.3 Å². The molecule has 0 bridgehead atoms. The third-order valence-corrected chi connectivity index (χ3v) is 4.35. The molecule has 0 spiro atoms. The van der Waals surface area contributed by atoms with E-state index < -0.39 is 0 Å². The van der Waals surface area contributed by atoms with Gasteiger partial charge in [0.15, 0.2) is 0 Å². The lowest BCUT2D eigenvalue weighted by atomic mass is 10.1. The Morgan fingerprint density at radius 2 is 1.95 bits per heavy atom. The second-order valence-corrected chi connectivity index (χ2v) is 6.48. The van der Waals surface area contributed by atoms with Crippen LogP contribution in [0.3, 0.4) is 0 Å². The Labute approximate surface area is 138 Å². The van der Waals surface area contributed by atoms with E-state index in [2.05, 4.69) is 56.3 Å². The van der Waals surface area contributed by atoms with Crippen molar-refractivity contribution in [2.75, 3.05) is 26.4 Å². The van der Waals surface area contributed by atoms with E-state index in [1.165, 1.54) is 28.8 Å². The van der Waals surface area contributed by atoms with Gasteiger partial charge in [0.1, 0.15) is 0 Å². The summed E-state index contributed by atoms with van der Waals surface area (Å²) in [5.74, 6) is 1.09. The molecule has 0 N–H and O–H groups in total. The molecule has 0 atom stereocenters. The Kier molecular flexibility index (Phi) is 8.09. The highest BCUT2D eigenvalue weighted by molar-refractivity contribution is 7.99. The molecule has 21 heavy (non-hydrogen) atoms. The number of thioether (sulfide) groups is 1. The van der Waals surface area contributed by atoms with Crippen LogP contribution in [0, 0.1) is 0 Å². The number of aromatic nitrogens is 1. The second-order valence-electron chi connectivity index (χ2n) is 5.40. The van der Waals surface area contributed by atoms with Crippen LogP contribution < -0.4 is 0 Å². The lowest BCUT2D eigenvalue weighted by Crippen LogP contribution is -2.15. The Hall–Kier alpha value is -0.770. The standard InChI is InChI=1S/C17H24N2S.ClH/c1-4-5-8-15-13-14-9-6-7-10-16(14)18-17(15)20-12-11-19(2)3;/h6-7,9-10,13H,4-5,8,11-12H2,1-3H3;1H. The topological polar surface area (TPSA) is 16.1 Å². The average Bonchev–Trinajstić information content (AvgIpc) is 2.44. The molecular formula is C17H25ClN2S. The normalized spacial score (nSPS) is 10.9. The molecule has 0 amide bonds. The quantitative estimate of drug-likeness (QED) is 0.689. The van der Waals surface area contributed by atoms with Gasteiger partial charge in [-0.2, -0.15) is 0 Å². The van der Waals surface area contributed by atoms with Crippen LogP contribution in [0.25, 0.3) is 10.9 Å². The number of benzene rings is 1. The maximum atomic E-state index is 4.87. The monoisotopic (exact) mass is 324 g/mol. The lowest BCUT2D eigenvalue weighted by Gasteiger charge is -2.12. The predicted octanol–water partition coefficient (Wildman–Crippen LogP) is 4.65. The van der Waals surface area contributed by atoms with Crippen LogP contribution in [0.1, 0.15) is 25.3 Å². The molecule has 0 saturated carbocycles. The SMILES string of the molecule is CCCCc1cc2ccccc2nc1SCCN(C)C.Cl. The number of pyridine rings is 1. The van der Waals surface area contributed by atoms with Crippen molar-refractivity contribution in [1.82, 2.24) is 9.88 Å². The minimum atomic E-state index is 0. The van der Waals surface area contributed by atoms with E-state index in [4.69, 9.17) is 4.98 Å². The predicted molar refractivity (Wildman–Crippen MR) is 96.9 cm³/mol. The fraction of sp³-hybridized carbons (Fsp3) is 0.471. The molecule has 116 valence electrons. The molecule has 0 saturated heterocycles. The lowest BCUT2D eigenvalue weighted by molar-refractivity contribution is 0.437. The highest BCUT2D eigenvalue weighted by Crippen LogP contribution is 2.26. The minimum absolute atomic E-state index is 0. The Balaban J connectivity index is 0.00000220. The number of hydrogen-bond acceptors (Lipinski definition) is 3. The van der Waals surface area contributed by atoms with Gasteiger partial charge in [-0.15, -0.1) is 24.2 Å². The van der Waals surface area contributed by atoms with Crippen molar-refractivity contribution in [1.29, 1.82) is 0 Å². The molecule has 0 unspecified atom stereocenters. The minimum Gasteiger partial charge on any atom is -0.309 e. The summed E-state index contributed by atoms with van der Waals surface area (Å²) < 4.78 is 0. The number of fused-ring (bicyclic) bond motifs is 1. The van der Waals surface area contributed by atoms with Crippen LogP contribution in [0.4, 0.5) is 0 Å². The summed E-state index contributed by atoms with van der Waals surface area (Å²) in [7, 11) is 4.23. The fourth-order valence-corrected chi connectivity index (χ4v) is 3.30. The van der Waals surface area contributed by atoms with E-state index in [0.717, 1.165) is 24.2 Å². The zero-order valence-electron chi connectivity index (χ0n) is 13.1. The van der Waals surface area contributed by atoms with E-state index in [9.17, 15) is 0 Å². The maximum Gasteiger partial charge on any atom is 0.1000 e. The second kappa shape index (κ2) is 9.29. The Morgan fingerprint density at radius 3 is 2.67 bits per heavy atom. The number of para-hydroxylation sites is 1. The summed E-state index contributed by atoms with van der Waals surface area (Å²) in [5, 5.41) is 2.48. The van der Waals surface area contributed by atoms with Crippen molar-refractivity contribution in [3.63, 3.8) is 0 Å². The smallest absolute Gasteiger partial charge is 0.1000 e. The first kappa shape index (κ1) is 18.3. The molecule has 0 aliphatic carbocycles. The molecule has 0 fully saturated rings. The number of halogens is 1. The van der Waals surface area contributed by atoms with Crippen LogP contribution in [0.5, 0.6) is 0 Å². The van der Waals surface area contributed by atoms with Crippen LogP contribution in [0.15, 0.2) is 35.4 Å². The van der Waals surface area contributed by atoms with E-state index >= 15 is 0 Å². The summed E-state index contributed by atoms with van der Waals surface area (Å²) in [6, 6.07) is 10.7. The molecule has 0 aliphatic heterocycles. The van der Waals surface area contributed by atoms with Crippen molar-refractivity contribution >= 4 is 35.1 Å². The molecule has 0 aliphatic rings. The van der Waals surface area contributed by atoms with Gasteiger partial charge in [-0.25, -0.2) is 4.98 Å². The van der Waals surface area contributed by atoms with E-state index in [0.29, 0.717) is 0 Å². The zero-order valence-corrected chi connectivity index (χ0v) is 14.8. The summed E-state index contributed by atoms with van der Waals surface area (Å²) in [6.45, 7) is 3.33. The van der Waals surface area contributed by atoms with Crippen molar-refractivity contribution in [2.45, 2.75) is 31.2 Å². The third kappa shape index (κ3) is 5.50. The average molecular weight is 325 g/mol. The summed E-state index contributed by atoms with van der Waals surface area (Å²) in [5.41, 5.74) is 2.52. The number of nitrogens with zero attached hydrogens (tertiary/aromatic N) is 2. The van der Waals surface area contributed by atoms with Gasteiger partial charge in [0.25, 0.3) is 0 Å². The first-order valence-corrected chi connectivity index (χ1v) is 8.35. The van der Waals surface area contributed by atoms with Crippen LogP contribution in [-0.2, 0) is 6.42 Å². The maximum absolute atomic E-state index is 4.87. The van der Waals surface area contributed by atoms with Gasteiger partial charge < -0.3 is 4.90 Å².